The molecule has 1 unspecified atom stereocenters. The van der Waals surface area contributed by atoms with Gasteiger partial charge >= 0.3 is 5.97 Å². The van der Waals surface area contributed by atoms with Crippen molar-refractivity contribution in [3.05, 3.63) is 58.8 Å². The summed E-state index contributed by atoms with van der Waals surface area (Å²) in [5.41, 5.74) is 4.72. The molecule has 2 heterocycles. The summed E-state index contributed by atoms with van der Waals surface area (Å²) in [6.45, 7) is 3.85. The Labute approximate surface area is 197 Å². The number of carboxylic acids is 1. The van der Waals surface area contributed by atoms with Crippen LogP contribution in [0.1, 0.15) is 33.1 Å². The number of rotatable bonds is 8. The van der Waals surface area contributed by atoms with E-state index >= 15 is 0 Å². The van der Waals surface area contributed by atoms with E-state index in [2.05, 4.69) is 15.2 Å². The van der Waals surface area contributed by atoms with Crippen molar-refractivity contribution in [3.63, 3.8) is 0 Å². The van der Waals surface area contributed by atoms with Gasteiger partial charge in [-0.15, -0.1) is 0 Å². The second-order valence-corrected chi connectivity index (χ2v) is 8.64. The fourth-order valence-electron chi connectivity index (χ4n) is 4.89. The molecule has 0 saturated carbocycles. The van der Waals surface area contributed by atoms with E-state index in [1.165, 1.54) is 0 Å². The molecule has 1 atom stereocenters. The number of aromatic carboxylic acids is 1. The van der Waals surface area contributed by atoms with E-state index in [1.54, 1.807) is 31.2 Å². The number of anilines is 1. The van der Waals surface area contributed by atoms with Crippen molar-refractivity contribution in [1.29, 1.82) is 0 Å². The molecule has 0 bridgehead atoms. The Balaban J connectivity index is 1.73. The molecule has 0 amide bonds. The van der Waals surface area contributed by atoms with Gasteiger partial charge in [0.1, 0.15) is 5.75 Å². The van der Waals surface area contributed by atoms with Gasteiger partial charge in [-0.2, -0.15) is 0 Å². The Hall–Kier alpha value is -3.17. The predicted molar refractivity (Wildman–Crippen MR) is 128 cm³/mol. The van der Waals surface area contributed by atoms with Gasteiger partial charge in [0.05, 0.1) is 19.2 Å². The number of hydrogen-bond donors (Lipinski definition) is 3. The number of ether oxygens (including phenoxy) is 1. The second-order valence-electron chi connectivity index (χ2n) is 8.64. The van der Waals surface area contributed by atoms with Gasteiger partial charge in [0, 0.05) is 67.6 Å². The highest BCUT2D eigenvalue weighted by molar-refractivity contribution is 5.94. The zero-order valence-corrected chi connectivity index (χ0v) is 19.6. The summed E-state index contributed by atoms with van der Waals surface area (Å²) < 4.78 is 32.1. The Kier molecular flexibility index (Phi) is 7.04. The third kappa shape index (κ3) is 4.71. The van der Waals surface area contributed by atoms with E-state index in [1.807, 2.05) is 31.3 Å². The largest absolute Gasteiger partial charge is 0.496 e. The van der Waals surface area contributed by atoms with Crippen LogP contribution in [0.3, 0.4) is 0 Å². The number of nitrogens with zero attached hydrogens (tertiary/aromatic N) is 2. The SMILES string of the molecule is CNc1cc(C2CN(CC(F)F)CCN2Cc2c(OC)cc(C)c3[nH]ccc23)ccc1C(=O)O. The summed E-state index contributed by atoms with van der Waals surface area (Å²) in [7, 11) is 3.33. The molecular formula is C25H30F2N4O3. The molecule has 1 aromatic heterocycles. The summed E-state index contributed by atoms with van der Waals surface area (Å²) in [6, 6.07) is 9.02. The van der Waals surface area contributed by atoms with Crippen molar-refractivity contribution in [2.24, 2.45) is 0 Å². The zero-order chi connectivity index (χ0) is 24.4. The van der Waals surface area contributed by atoms with Crippen LogP contribution in [0.4, 0.5) is 14.5 Å². The maximum atomic E-state index is 13.2. The van der Waals surface area contributed by atoms with Crippen LogP contribution in [0.5, 0.6) is 5.75 Å². The van der Waals surface area contributed by atoms with Crippen molar-refractivity contribution in [3.8, 4) is 5.75 Å². The summed E-state index contributed by atoms with van der Waals surface area (Å²) >= 11 is 0. The fourth-order valence-corrected chi connectivity index (χ4v) is 4.89. The van der Waals surface area contributed by atoms with E-state index in [-0.39, 0.29) is 18.2 Å². The molecule has 4 rings (SSSR count). The van der Waals surface area contributed by atoms with Crippen molar-refractivity contribution in [2.45, 2.75) is 25.9 Å². The minimum Gasteiger partial charge on any atom is -0.496 e. The third-order valence-corrected chi connectivity index (χ3v) is 6.59. The molecule has 3 N–H and O–H groups in total. The van der Waals surface area contributed by atoms with Gasteiger partial charge in [-0.3, -0.25) is 9.80 Å². The number of nitrogens with one attached hydrogen (secondary N) is 2. The molecule has 9 heteroatoms. The van der Waals surface area contributed by atoms with Crippen molar-refractivity contribution < 1.29 is 23.4 Å². The van der Waals surface area contributed by atoms with Crippen LogP contribution in [-0.4, -0.2) is 72.6 Å². The number of piperazine rings is 1. The van der Waals surface area contributed by atoms with E-state index in [0.29, 0.717) is 31.9 Å². The smallest absolute Gasteiger partial charge is 0.337 e. The minimum absolute atomic E-state index is 0.173. The molecule has 7 nitrogen and oxygen atoms in total. The standard InChI is InChI=1S/C25H30F2N4O3/c1-15-10-22(34-3)19(17-6-7-29-24(15)17)12-31-9-8-30(14-23(26)27)13-21(31)16-4-5-18(25(32)33)20(11-16)28-2/h4-7,10-11,21,23,28-29H,8-9,12-14H2,1-3H3,(H,32,33). The topological polar surface area (TPSA) is 80.8 Å². The highest BCUT2D eigenvalue weighted by atomic mass is 19.3. The van der Waals surface area contributed by atoms with Gasteiger partial charge in [-0.1, -0.05) is 6.07 Å². The molecule has 34 heavy (non-hydrogen) atoms. The molecule has 1 aliphatic rings. The lowest BCUT2D eigenvalue weighted by Gasteiger charge is -2.42. The summed E-state index contributed by atoms with van der Waals surface area (Å²) in [5.74, 6) is -0.231. The van der Waals surface area contributed by atoms with Gasteiger partial charge in [0.2, 0.25) is 0 Å². The molecule has 1 aliphatic heterocycles. The molecule has 182 valence electrons. The van der Waals surface area contributed by atoms with Gasteiger partial charge in [0.15, 0.2) is 0 Å². The lowest BCUT2D eigenvalue weighted by molar-refractivity contribution is 0.0246. The first-order valence-electron chi connectivity index (χ1n) is 11.3. The van der Waals surface area contributed by atoms with Crippen LogP contribution in [0, 0.1) is 6.92 Å². The quantitative estimate of drug-likeness (QED) is 0.452. The Bertz CT molecular complexity index is 1180. The number of aryl methyl sites for hydroxylation is 1. The van der Waals surface area contributed by atoms with Gasteiger partial charge in [0.25, 0.3) is 6.43 Å². The Morgan fingerprint density at radius 1 is 1.29 bits per heavy atom. The molecular weight excluding hydrogens is 442 g/mol. The number of carboxylic acid groups (broad SMARTS) is 1. The molecule has 2 aromatic carbocycles. The highest BCUT2D eigenvalue weighted by Crippen LogP contribution is 2.36. The maximum Gasteiger partial charge on any atom is 0.337 e. The van der Waals surface area contributed by atoms with Crippen LogP contribution in [0.2, 0.25) is 0 Å². The predicted octanol–water partition coefficient (Wildman–Crippen LogP) is 4.35. The summed E-state index contributed by atoms with van der Waals surface area (Å²) in [4.78, 5) is 18.9. The lowest BCUT2D eigenvalue weighted by Crippen LogP contribution is -2.49. The third-order valence-electron chi connectivity index (χ3n) is 6.59. The van der Waals surface area contributed by atoms with Crippen molar-refractivity contribution in [2.75, 3.05) is 45.7 Å². The first-order valence-corrected chi connectivity index (χ1v) is 11.3. The minimum atomic E-state index is -2.41. The molecule has 1 saturated heterocycles. The molecule has 3 aromatic rings. The number of aromatic amines is 1. The molecule has 0 radical (unpaired) electrons. The van der Waals surface area contributed by atoms with E-state index in [0.717, 1.165) is 33.3 Å². The van der Waals surface area contributed by atoms with Crippen molar-refractivity contribution in [1.82, 2.24) is 14.8 Å². The van der Waals surface area contributed by atoms with E-state index in [4.69, 9.17) is 4.74 Å². The number of halogens is 2. The number of alkyl halides is 2. The van der Waals surface area contributed by atoms with Gasteiger partial charge < -0.3 is 20.1 Å². The number of methoxy groups -OCH3 is 1. The number of aromatic nitrogens is 1. The Morgan fingerprint density at radius 2 is 2.09 bits per heavy atom. The first-order chi connectivity index (χ1) is 16.3. The fraction of sp³-hybridized carbons (Fsp3) is 0.400. The number of H-pyrrole nitrogens is 1. The molecule has 1 fully saturated rings. The number of benzene rings is 2. The molecule has 0 spiro atoms. The van der Waals surface area contributed by atoms with Gasteiger partial charge in [-0.05, 0) is 42.3 Å². The normalized spacial score (nSPS) is 17.4. The first kappa shape index (κ1) is 24.0. The summed E-state index contributed by atoms with van der Waals surface area (Å²) in [6.07, 6.45) is -0.506. The van der Waals surface area contributed by atoms with E-state index < -0.39 is 12.4 Å². The van der Waals surface area contributed by atoms with Crippen LogP contribution in [0.25, 0.3) is 10.9 Å². The van der Waals surface area contributed by atoms with Crippen LogP contribution in [-0.2, 0) is 6.54 Å². The number of hydrogen-bond acceptors (Lipinski definition) is 5. The highest BCUT2D eigenvalue weighted by Gasteiger charge is 2.31. The van der Waals surface area contributed by atoms with Crippen LogP contribution >= 0.6 is 0 Å². The number of carbonyl (C=O) groups is 1. The average molecular weight is 473 g/mol. The maximum absolute atomic E-state index is 13.2. The zero-order valence-electron chi connectivity index (χ0n) is 19.6. The van der Waals surface area contributed by atoms with Crippen molar-refractivity contribution >= 4 is 22.6 Å². The monoisotopic (exact) mass is 472 g/mol. The van der Waals surface area contributed by atoms with Crippen LogP contribution < -0.4 is 10.1 Å². The average Bonchev–Trinajstić information content (AvgIpc) is 3.31. The summed E-state index contributed by atoms with van der Waals surface area (Å²) in [5, 5.41) is 13.5. The lowest BCUT2D eigenvalue weighted by atomic mass is 9.97. The second kappa shape index (κ2) is 9.99. The Morgan fingerprint density at radius 3 is 2.76 bits per heavy atom. The molecule has 0 aliphatic carbocycles. The number of fused-ring (bicyclic) bond motifs is 1. The van der Waals surface area contributed by atoms with Gasteiger partial charge in [-0.25, -0.2) is 13.6 Å². The van der Waals surface area contributed by atoms with E-state index in [9.17, 15) is 18.7 Å². The van der Waals surface area contributed by atoms with Crippen LogP contribution in [0.15, 0.2) is 36.5 Å².